The Morgan fingerprint density at radius 3 is 2.41 bits per heavy atom. The molecular formula is C24H25NO2. The molecule has 2 aliphatic rings. The molecule has 2 aromatic rings. The van der Waals surface area contributed by atoms with Crippen molar-refractivity contribution in [3.05, 3.63) is 76.0 Å². The van der Waals surface area contributed by atoms with E-state index >= 15 is 0 Å². The smallest absolute Gasteiger partial charge is 0.232 e. The quantitative estimate of drug-likeness (QED) is 0.744. The SMILES string of the molecule is Cc1ccc(N2C(=O)CC(c3ccccc3C)C3=C2CCCC3=O)cc1C. The molecule has 0 fully saturated rings. The van der Waals surface area contributed by atoms with Gasteiger partial charge < -0.3 is 0 Å². The van der Waals surface area contributed by atoms with Crippen molar-refractivity contribution >= 4 is 17.4 Å². The predicted octanol–water partition coefficient (Wildman–Crippen LogP) is 5.14. The van der Waals surface area contributed by atoms with E-state index in [4.69, 9.17) is 0 Å². The monoisotopic (exact) mass is 359 g/mol. The molecule has 3 nitrogen and oxygen atoms in total. The van der Waals surface area contributed by atoms with Gasteiger partial charge in [0.15, 0.2) is 5.78 Å². The largest absolute Gasteiger partial charge is 0.294 e. The molecule has 27 heavy (non-hydrogen) atoms. The van der Waals surface area contributed by atoms with Crippen LogP contribution in [0.5, 0.6) is 0 Å². The minimum atomic E-state index is -0.121. The van der Waals surface area contributed by atoms with Crippen molar-refractivity contribution < 1.29 is 9.59 Å². The molecule has 138 valence electrons. The summed E-state index contributed by atoms with van der Waals surface area (Å²) in [7, 11) is 0. The summed E-state index contributed by atoms with van der Waals surface area (Å²) in [5, 5.41) is 0. The first-order valence-electron chi connectivity index (χ1n) is 9.69. The number of benzene rings is 2. The number of anilines is 1. The number of aryl methyl sites for hydroxylation is 3. The first-order chi connectivity index (χ1) is 13.0. The van der Waals surface area contributed by atoms with Crippen molar-refractivity contribution in [2.45, 2.75) is 52.4 Å². The topological polar surface area (TPSA) is 37.4 Å². The number of carbonyl (C=O) groups excluding carboxylic acids is 2. The van der Waals surface area contributed by atoms with Gasteiger partial charge in [0.1, 0.15) is 0 Å². The lowest BCUT2D eigenvalue weighted by atomic mass is 9.76. The fourth-order valence-electron chi connectivity index (χ4n) is 4.40. The van der Waals surface area contributed by atoms with Gasteiger partial charge in [-0.25, -0.2) is 0 Å². The Balaban J connectivity index is 1.88. The molecule has 0 spiro atoms. The van der Waals surface area contributed by atoms with E-state index in [1.807, 2.05) is 23.1 Å². The summed E-state index contributed by atoms with van der Waals surface area (Å²) in [5.74, 6) is 0.162. The van der Waals surface area contributed by atoms with E-state index in [0.29, 0.717) is 12.8 Å². The van der Waals surface area contributed by atoms with Crippen LogP contribution < -0.4 is 4.90 Å². The Morgan fingerprint density at radius 2 is 1.67 bits per heavy atom. The number of rotatable bonds is 2. The van der Waals surface area contributed by atoms with Crippen LogP contribution >= 0.6 is 0 Å². The molecule has 0 saturated heterocycles. The zero-order valence-electron chi connectivity index (χ0n) is 16.2. The zero-order chi connectivity index (χ0) is 19.1. The van der Waals surface area contributed by atoms with E-state index < -0.39 is 0 Å². The van der Waals surface area contributed by atoms with Crippen LogP contribution in [-0.4, -0.2) is 11.7 Å². The average Bonchev–Trinajstić information content (AvgIpc) is 2.64. The first kappa shape index (κ1) is 17.7. The van der Waals surface area contributed by atoms with Gasteiger partial charge >= 0.3 is 0 Å². The maximum absolute atomic E-state index is 13.2. The molecule has 0 saturated carbocycles. The number of hydrogen-bond donors (Lipinski definition) is 0. The highest BCUT2D eigenvalue weighted by Crippen LogP contribution is 2.44. The Labute approximate surface area is 160 Å². The summed E-state index contributed by atoms with van der Waals surface area (Å²) in [6.45, 7) is 6.19. The molecule has 0 radical (unpaired) electrons. The normalized spacial score (nSPS) is 20.1. The Hall–Kier alpha value is -2.68. The molecule has 4 rings (SSSR count). The molecule has 0 bridgehead atoms. The Morgan fingerprint density at radius 1 is 0.889 bits per heavy atom. The molecule has 1 aliphatic heterocycles. The molecular weight excluding hydrogens is 334 g/mol. The highest BCUT2D eigenvalue weighted by molar-refractivity contribution is 6.07. The second-order valence-corrected chi connectivity index (χ2v) is 7.75. The van der Waals surface area contributed by atoms with Crippen molar-refractivity contribution in [2.75, 3.05) is 4.90 Å². The summed E-state index contributed by atoms with van der Waals surface area (Å²) in [4.78, 5) is 28.0. The number of hydrogen-bond acceptors (Lipinski definition) is 2. The maximum Gasteiger partial charge on any atom is 0.232 e. The van der Waals surface area contributed by atoms with Crippen molar-refractivity contribution in [2.24, 2.45) is 0 Å². The van der Waals surface area contributed by atoms with E-state index in [0.717, 1.165) is 46.5 Å². The summed E-state index contributed by atoms with van der Waals surface area (Å²) in [5.41, 5.74) is 7.26. The maximum atomic E-state index is 13.2. The van der Waals surface area contributed by atoms with E-state index in [-0.39, 0.29) is 17.6 Å². The first-order valence-corrected chi connectivity index (χ1v) is 9.69. The van der Waals surface area contributed by atoms with Gasteiger partial charge in [0.2, 0.25) is 5.91 Å². The van der Waals surface area contributed by atoms with Gasteiger partial charge in [-0.3, -0.25) is 14.5 Å². The lowest BCUT2D eigenvalue weighted by Gasteiger charge is -2.39. The fourth-order valence-corrected chi connectivity index (χ4v) is 4.40. The van der Waals surface area contributed by atoms with Crippen LogP contribution in [0.2, 0.25) is 0 Å². The lowest BCUT2D eigenvalue weighted by Crippen LogP contribution is -2.40. The third kappa shape index (κ3) is 3.01. The average molecular weight is 359 g/mol. The van der Waals surface area contributed by atoms with Gasteiger partial charge in [0.05, 0.1) is 0 Å². The minimum absolute atomic E-state index is 0.0833. The molecule has 2 aromatic carbocycles. The van der Waals surface area contributed by atoms with Crippen LogP contribution in [0.25, 0.3) is 0 Å². The van der Waals surface area contributed by atoms with Gasteiger partial charge in [-0.15, -0.1) is 0 Å². The number of carbonyl (C=O) groups is 2. The molecule has 1 unspecified atom stereocenters. The molecule has 1 aliphatic carbocycles. The second-order valence-electron chi connectivity index (χ2n) is 7.75. The van der Waals surface area contributed by atoms with Gasteiger partial charge in [-0.2, -0.15) is 0 Å². The van der Waals surface area contributed by atoms with Gasteiger partial charge in [-0.1, -0.05) is 30.3 Å². The van der Waals surface area contributed by atoms with E-state index in [1.165, 1.54) is 5.56 Å². The third-order valence-electron chi connectivity index (χ3n) is 5.99. The fraction of sp³-hybridized carbons (Fsp3) is 0.333. The molecule has 0 aromatic heterocycles. The minimum Gasteiger partial charge on any atom is -0.294 e. The van der Waals surface area contributed by atoms with Gasteiger partial charge in [0, 0.05) is 35.7 Å². The molecule has 0 N–H and O–H groups in total. The van der Waals surface area contributed by atoms with E-state index in [9.17, 15) is 9.59 Å². The molecule has 3 heteroatoms. The summed E-state index contributed by atoms with van der Waals surface area (Å²) >= 11 is 0. The number of amides is 1. The molecule has 1 heterocycles. The van der Waals surface area contributed by atoms with Crippen LogP contribution in [0.3, 0.4) is 0 Å². The van der Waals surface area contributed by atoms with Crippen LogP contribution in [-0.2, 0) is 9.59 Å². The number of ketones is 1. The number of Topliss-reactive ketones (excluding diaryl/α,β-unsaturated/α-hetero) is 1. The zero-order valence-corrected chi connectivity index (χ0v) is 16.2. The van der Waals surface area contributed by atoms with E-state index in [1.54, 1.807) is 0 Å². The Kier molecular flexibility index (Phi) is 4.47. The van der Waals surface area contributed by atoms with E-state index in [2.05, 4.69) is 45.0 Å². The molecule has 1 atom stereocenters. The van der Waals surface area contributed by atoms with Gasteiger partial charge in [-0.05, 0) is 68.0 Å². The molecule has 1 amide bonds. The Bertz CT molecular complexity index is 970. The number of nitrogens with zero attached hydrogens (tertiary/aromatic N) is 1. The third-order valence-corrected chi connectivity index (χ3v) is 5.99. The van der Waals surface area contributed by atoms with Crippen molar-refractivity contribution in [1.29, 1.82) is 0 Å². The lowest BCUT2D eigenvalue weighted by molar-refractivity contribution is -0.119. The highest BCUT2D eigenvalue weighted by atomic mass is 16.2. The van der Waals surface area contributed by atoms with Gasteiger partial charge in [0.25, 0.3) is 0 Å². The number of allylic oxidation sites excluding steroid dienone is 2. The summed E-state index contributed by atoms with van der Waals surface area (Å²) < 4.78 is 0. The van der Waals surface area contributed by atoms with Crippen LogP contribution in [0.1, 0.15) is 53.9 Å². The summed E-state index contributed by atoms with van der Waals surface area (Å²) in [6, 6.07) is 14.2. The predicted molar refractivity (Wildman–Crippen MR) is 108 cm³/mol. The standard InChI is InChI=1S/C24H25NO2/c1-15-11-12-18(13-17(15)3)25-21-9-6-10-22(26)24(21)20(14-23(25)27)19-8-5-4-7-16(19)2/h4-5,7-8,11-13,20H,6,9-10,14H2,1-3H3. The van der Waals surface area contributed by atoms with Crippen LogP contribution in [0, 0.1) is 20.8 Å². The van der Waals surface area contributed by atoms with Crippen LogP contribution in [0.4, 0.5) is 5.69 Å². The van der Waals surface area contributed by atoms with Crippen molar-refractivity contribution in [3.8, 4) is 0 Å². The van der Waals surface area contributed by atoms with Crippen molar-refractivity contribution in [1.82, 2.24) is 0 Å². The highest BCUT2D eigenvalue weighted by Gasteiger charge is 2.40. The van der Waals surface area contributed by atoms with Crippen molar-refractivity contribution in [3.63, 3.8) is 0 Å². The summed E-state index contributed by atoms with van der Waals surface area (Å²) in [6.07, 6.45) is 2.52. The van der Waals surface area contributed by atoms with Crippen LogP contribution in [0.15, 0.2) is 53.7 Å². The second kappa shape index (κ2) is 6.80.